The molecule has 0 amide bonds. The van der Waals surface area contributed by atoms with Gasteiger partial charge in [-0.15, -0.1) is 0 Å². The Morgan fingerprint density at radius 2 is 1.28 bits per heavy atom. The summed E-state index contributed by atoms with van der Waals surface area (Å²) in [6.45, 7) is 2.24. The summed E-state index contributed by atoms with van der Waals surface area (Å²) in [6.07, 6.45) is 15.0. The van der Waals surface area contributed by atoms with E-state index < -0.39 is 13.0 Å². The van der Waals surface area contributed by atoms with Crippen molar-refractivity contribution in [2.24, 2.45) is 0 Å². The molecule has 0 fully saturated rings. The average molecular weight is 259 g/mol. The van der Waals surface area contributed by atoms with Crippen molar-refractivity contribution < 1.29 is 13.6 Å². The predicted octanol–water partition coefficient (Wildman–Crippen LogP) is 5.25. The van der Waals surface area contributed by atoms with Crippen LogP contribution >= 0.6 is 0 Å². The van der Waals surface area contributed by atoms with Crippen molar-refractivity contribution in [1.82, 2.24) is 0 Å². The van der Waals surface area contributed by atoms with Crippen LogP contribution in [-0.4, -0.2) is 13.0 Å². The Morgan fingerprint density at radius 1 is 0.833 bits per heavy atom. The Hall–Kier alpha value is -0.530. The summed E-state index contributed by atoms with van der Waals surface area (Å²) in [5.74, 6) is -0.609. The number of carbonyl (C=O) groups is 1. The smallest absolute Gasteiger partial charge is 0.305 e. The van der Waals surface area contributed by atoms with Gasteiger partial charge in [0.1, 0.15) is 0 Å². The first-order chi connectivity index (χ1) is 9.95. The SMILES string of the molecule is [2H]C([2H])([2H])OC(=O)CCCCCCCCCCCCCC. The number of methoxy groups -OCH3 is 1. The van der Waals surface area contributed by atoms with Crippen LogP contribution in [0.3, 0.4) is 0 Å². The molecule has 0 radical (unpaired) electrons. The molecular formula is C16H32O2. The molecule has 0 aliphatic heterocycles. The highest BCUT2D eigenvalue weighted by Crippen LogP contribution is 2.12. The molecule has 108 valence electrons. The second kappa shape index (κ2) is 14.5. The maximum atomic E-state index is 11.2. The molecule has 0 aromatic heterocycles. The highest BCUT2D eigenvalue weighted by atomic mass is 16.5. The molecule has 0 N–H and O–H groups in total. The van der Waals surface area contributed by atoms with Gasteiger partial charge < -0.3 is 4.74 Å². The minimum Gasteiger partial charge on any atom is -0.469 e. The van der Waals surface area contributed by atoms with Crippen LogP contribution in [0.4, 0.5) is 0 Å². The van der Waals surface area contributed by atoms with Crippen LogP contribution in [0, 0.1) is 0 Å². The topological polar surface area (TPSA) is 26.3 Å². The molecule has 0 bridgehead atoms. The largest absolute Gasteiger partial charge is 0.469 e. The molecule has 0 saturated carbocycles. The Labute approximate surface area is 118 Å². The van der Waals surface area contributed by atoms with E-state index in [1.807, 2.05) is 0 Å². The molecular weight excluding hydrogens is 224 g/mol. The molecule has 2 heteroatoms. The lowest BCUT2D eigenvalue weighted by atomic mass is 10.0. The van der Waals surface area contributed by atoms with E-state index in [9.17, 15) is 4.79 Å². The minimum atomic E-state index is -2.59. The second-order valence-corrected chi connectivity index (χ2v) is 5.11. The van der Waals surface area contributed by atoms with Crippen LogP contribution in [0.1, 0.15) is 94.5 Å². The molecule has 0 unspecified atom stereocenters. The van der Waals surface area contributed by atoms with E-state index in [1.54, 1.807) is 0 Å². The van der Waals surface area contributed by atoms with E-state index in [0.717, 1.165) is 19.3 Å². The lowest BCUT2D eigenvalue weighted by molar-refractivity contribution is -0.140. The van der Waals surface area contributed by atoms with Crippen LogP contribution in [0.5, 0.6) is 0 Å². The fourth-order valence-electron chi connectivity index (χ4n) is 2.16. The van der Waals surface area contributed by atoms with Gasteiger partial charge in [0.05, 0.1) is 11.2 Å². The fraction of sp³-hybridized carbons (Fsp3) is 0.938. The first kappa shape index (κ1) is 12.5. The van der Waals surface area contributed by atoms with Gasteiger partial charge in [-0.05, 0) is 6.42 Å². The van der Waals surface area contributed by atoms with Crippen molar-refractivity contribution in [1.29, 1.82) is 0 Å². The Morgan fingerprint density at radius 3 is 1.72 bits per heavy atom. The summed E-state index contributed by atoms with van der Waals surface area (Å²) in [4.78, 5) is 11.2. The summed E-state index contributed by atoms with van der Waals surface area (Å²) < 4.78 is 24.7. The molecule has 0 aromatic rings. The van der Waals surface area contributed by atoms with Crippen molar-refractivity contribution in [3.05, 3.63) is 0 Å². The van der Waals surface area contributed by atoms with Gasteiger partial charge in [0.2, 0.25) is 0 Å². The normalized spacial score (nSPS) is 13.7. The van der Waals surface area contributed by atoms with Crippen molar-refractivity contribution in [2.45, 2.75) is 90.4 Å². The number of carbonyl (C=O) groups excluding carboxylic acids is 1. The zero-order valence-electron chi connectivity index (χ0n) is 15.0. The Balaban J connectivity index is 3.17. The highest BCUT2D eigenvalue weighted by Gasteiger charge is 1.99. The summed E-state index contributed by atoms with van der Waals surface area (Å²) in [5.41, 5.74) is 0. The number of rotatable bonds is 13. The zero-order valence-corrected chi connectivity index (χ0v) is 12.0. The van der Waals surface area contributed by atoms with Crippen molar-refractivity contribution in [3.8, 4) is 0 Å². The van der Waals surface area contributed by atoms with Crippen LogP contribution in [0.15, 0.2) is 0 Å². The van der Waals surface area contributed by atoms with Gasteiger partial charge in [0, 0.05) is 6.42 Å². The third-order valence-electron chi connectivity index (χ3n) is 3.35. The van der Waals surface area contributed by atoms with Gasteiger partial charge in [-0.1, -0.05) is 77.6 Å². The Kier molecular flexibility index (Phi) is 10.1. The molecule has 0 atom stereocenters. The maximum Gasteiger partial charge on any atom is 0.305 e. The Bertz CT molecular complexity index is 252. The van der Waals surface area contributed by atoms with Gasteiger partial charge in [-0.2, -0.15) is 0 Å². The number of hydrogen-bond donors (Lipinski definition) is 0. The number of hydrogen-bond acceptors (Lipinski definition) is 2. The molecule has 18 heavy (non-hydrogen) atoms. The molecule has 0 aliphatic rings. The lowest BCUT2D eigenvalue weighted by Gasteiger charge is -2.02. The van der Waals surface area contributed by atoms with E-state index >= 15 is 0 Å². The van der Waals surface area contributed by atoms with E-state index in [4.69, 9.17) is 4.11 Å². The number of esters is 1. The number of ether oxygens (including phenoxy) is 1. The molecule has 2 nitrogen and oxygen atoms in total. The van der Waals surface area contributed by atoms with Gasteiger partial charge in [0.15, 0.2) is 0 Å². The van der Waals surface area contributed by atoms with E-state index in [2.05, 4.69) is 11.7 Å². The van der Waals surface area contributed by atoms with Crippen molar-refractivity contribution in [2.75, 3.05) is 7.04 Å². The monoisotopic (exact) mass is 259 g/mol. The van der Waals surface area contributed by atoms with Crippen LogP contribution in [0.25, 0.3) is 0 Å². The van der Waals surface area contributed by atoms with Crippen molar-refractivity contribution >= 4 is 5.97 Å². The average Bonchev–Trinajstić information content (AvgIpc) is 2.38. The first-order valence-corrected chi connectivity index (χ1v) is 7.67. The summed E-state index contributed by atoms with van der Waals surface area (Å²) in [5, 5.41) is 0. The van der Waals surface area contributed by atoms with Crippen LogP contribution in [0.2, 0.25) is 0 Å². The van der Waals surface area contributed by atoms with Crippen LogP contribution < -0.4 is 0 Å². The first-order valence-electron chi connectivity index (χ1n) is 9.17. The summed E-state index contributed by atoms with van der Waals surface area (Å²) in [7, 11) is -2.59. The third kappa shape index (κ3) is 13.5. The maximum absolute atomic E-state index is 11.2. The predicted molar refractivity (Wildman–Crippen MR) is 77.7 cm³/mol. The van der Waals surface area contributed by atoms with E-state index in [1.165, 1.54) is 57.8 Å². The second-order valence-electron chi connectivity index (χ2n) is 5.11. The standard InChI is InChI=1S/C16H32O2/c1-3-4-5-6-7-8-9-10-11-12-13-14-15-16(17)18-2/h3-15H2,1-2H3/i2D3. The molecule has 0 aromatic carbocycles. The zero-order chi connectivity index (χ0) is 16.0. The lowest BCUT2D eigenvalue weighted by Crippen LogP contribution is -1.99. The summed E-state index contributed by atoms with van der Waals surface area (Å²) >= 11 is 0. The quantitative estimate of drug-likeness (QED) is 0.333. The number of unbranched alkanes of at least 4 members (excludes halogenated alkanes) is 11. The molecule has 0 spiro atoms. The molecule has 0 rings (SSSR count). The fourth-order valence-corrected chi connectivity index (χ4v) is 2.16. The van der Waals surface area contributed by atoms with Gasteiger partial charge in [-0.3, -0.25) is 4.79 Å². The summed E-state index contributed by atoms with van der Waals surface area (Å²) in [6, 6.07) is 0. The third-order valence-corrected chi connectivity index (χ3v) is 3.35. The van der Waals surface area contributed by atoms with Crippen LogP contribution in [-0.2, 0) is 9.53 Å². The van der Waals surface area contributed by atoms with E-state index in [0.29, 0.717) is 0 Å². The molecule has 0 saturated heterocycles. The van der Waals surface area contributed by atoms with E-state index in [-0.39, 0.29) is 6.42 Å². The van der Waals surface area contributed by atoms with Crippen molar-refractivity contribution in [3.63, 3.8) is 0 Å². The molecule has 0 aliphatic carbocycles. The minimum absolute atomic E-state index is 0.218. The molecule has 0 heterocycles. The van der Waals surface area contributed by atoms with Gasteiger partial charge in [0.25, 0.3) is 0 Å². The van der Waals surface area contributed by atoms with Gasteiger partial charge in [-0.25, -0.2) is 0 Å². The van der Waals surface area contributed by atoms with Gasteiger partial charge >= 0.3 is 5.97 Å². The highest BCUT2D eigenvalue weighted by molar-refractivity contribution is 5.68.